The van der Waals surface area contributed by atoms with Crippen molar-refractivity contribution >= 4 is 22.4 Å². The molecular weight excluding hydrogens is 336 g/mol. The van der Waals surface area contributed by atoms with Crippen LogP contribution in [0.4, 0.5) is 5.13 Å². The van der Waals surface area contributed by atoms with Crippen molar-refractivity contribution in [3.05, 3.63) is 59.0 Å². The smallest absolute Gasteiger partial charge is 0.257 e. The fourth-order valence-electron chi connectivity index (χ4n) is 2.42. The first-order chi connectivity index (χ1) is 12.1. The molecule has 6 heteroatoms. The van der Waals surface area contributed by atoms with E-state index in [4.69, 9.17) is 9.47 Å². The van der Waals surface area contributed by atoms with Gasteiger partial charge in [-0.1, -0.05) is 17.7 Å². The summed E-state index contributed by atoms with van der Waals surface area (Å²) >= 11 is 1.37. The summed E-state index contributed by atoms with van der Waals surface area (Å²) in [6.45, 7) is 1.95. The van der Waals surface area contributed by atoms with Crippen molar-refractivity contribution in [2.45, 2.75) is 6.92 Å². The van der Waals surface area contributed by atoms with E-state index in [1.807, 2.05) is 42.6 Å². The van der Waals surface area contributed by atoms with Gasteiger partial charge in [-0.05, 0) is 31.2 Å². The molecule has 1 heterocycles. The summed E-state index contributed by atoms with van der Waals surface area (Å²) < 4.78 is 10.6. The van der Waals surface area contributed by atoms with Crippen molar-refractivity contribution in [3.8, 4) is 22.8 Å². The van der Waals surface area contributed by atoms with Crippen molar-refractivity contribution in [1.82, 2.24) is 4.98 Å². The predicted octanol–water partition coefficient (Wildman–Crippen LogP) is 4.39. The molecule has 0 atom stereocenters. The van der Waals surface area contributed by atoms with Crippen molar-refractivity contribution < 1.29 is 14.3 Å². The lowest BCUT2D eigenvalue weighted by atomic mass is 10.1. The molecule has 0 fully saturated rings. The Labute approximate surface area is 150 Å². The summed E-state index contributed by atoms with van der Waals surface area (Å²) in [5.74, 6) is 1.20. The molecule has 0 aliphatic rings. The van der Waals surface area contributed by atoms with E-state index < -0.39 is 0 Å². The zero-order chi connectivity index (χ0) is 17.8. The number of benzene rings is 2. The molecule has 128 valence electrons. The number of aromatic nitrogens is 1. The Kier molecular flexibility index (Phi) is 5.00. The summed E-state index contributed by atoms with van der Waals surface area (Å²) in [6, 6.07) is 13.0. The van der Waals surface area contributed by atoms with Gasteiger partial charge in [-0.25, -0.2) is 4.98 Å². The van der Waals surface area contributed by atoms with Gasteiger partial charge in [0.05, 0.1) is 19.9 Å². The van der Waals surface area contributed by atoms with Crippen LogP contribution in [0.3, 0.4) is 0 Å². The molecule has 25 heavy (non-hydrogen) atoms. The van der Waals surface area contributed by atoms with Gasteiger partial charge in [0, 0.05) is 22.6 Å². The van der Waals surface area contributed by atoms with E-state index in [0.29, 0.717) is 22.2 Å². The van der Waals surface area contributed by atoms with E-state index >= 15 is 0 Å². The second kappa shape index (κ2) is 7.36. The first kappa shape index (κ1) is 17.0. The van der Waals surface area contributed by atoms with Crippen LogP contribution in [0, 0.1) is 6.92 Å². The molecule has 1 N–H and O–H groups in total. The fourth-order valence-corrected chi connectivity index (χ4v) is 3.13. The maximum absolute atomic E-state index is 12.3. The van der Waals surface area contributed by atoms with Crippen molar-refractivity contribution in [2.24, 2.45) is 0 Å². The maximum atomic E-state index is 12.3. The fraction of sp³-hybridized carbons (Fsp3) is 0.158. The lowest BCUT2D eigenvalue weighted by Crippen LogP contribution is -2.11. The molecule has 1 aromatic heterocycles. The molecule has 0 aliphatic carbocycles. The summed E-state index contributed by atoms with van der Waals surface area (Å²) in [6.07, 6.45) is 0. The average Bonchev–Trinajstić information content (AvgIpc) is 3.09. The third-order valence-electron chi connectivity index (χ3n) is 3.69. The van der Waals surface area contributed by atoms with Gasteiger partial charge in [0.25, 0.3) is 5.91 Å². The standard InChI is InChI=1S/C19H18N2O3S/c1-12-5-4-6-13(9-12)18(22)21-19-20-16(11-25-19)15-8-7-14(23-2)10-17(15)24-3/h4-11H,1-3H3,(H,20,21,22). The number of rotatable bonds is 5. The molecule has 0 unspecified atom stereocenters. The number of anilines is 1. The molecule has 0 saturated carbocycles. The highest BCUT2D eigenvalue weighted by Crippen LogP contribution is 2.34. The monoisotopic (exact) mass is 354 g/mol. The van der Waals surface area contributed by atoms with Crippen LogP contribution in [0.1, 0.15) is 15.9 Å². The van der Waals surface area contributed by atoms with E-state index in [-0.39, 0.29) is 5.91 Å². The predicted molar refractivity (Wildman–Crippen MR) is 99.8 cm³/mol. The van der Waals surface area contributed by atoms with Crippen molar-refractivity contribution in [3.63, 3.8) is 0 Å². The summed E-state index contributed by atoms with van der Waals surface area (Å²) in [5.41, 5.74) is 3.23. The minimum absolute atomic E-state index is 0.175. The number of hydrogen-bond donors (Lipinski definition) is 1. The van der Waals surface area contributed by atoms with Crippen LogP contribution in [0.5, 0.6) is 11.5 Å². The van der Waals surface area contributed by atoms with Crippen molar-refractivity contribution in [1.29, 1.82) is 0 Å². The molecule has 0 aliphatic heterocycles. The summed E-state index contributed by atoms with van der Waals surface area (Å²) in [4.78, 5) is 16.8. The number of nitrogens with one attached hydrogen (secondary N) is 1. The van der Waals surface area contributed by atoms with Gasteiger partial charge in [-0.15, -0.1) is 11.3 Å². The summed E-state index contributed by atoms with van der Waals surface area (Å²) in [7, 11) is 3.21. The van der Waals surface area contributed by atoms with E-state index in [1.54, 1.807) is 26.4 Å². The van der Waals surface area contributed by atoms with Crippen LogP contribution in [-0.4, -0.2) is 25.1 Å². The molecule has 3 rings (SSSR count). The second-order valence-corrected chi connectivity index (χ2v) is 6.29. The van der Waals surface area contributed by atoms with E-state index in [1.165, 1.54) is 11.3 Å². The van der Waals surface area contributed by atoms with Gasteiger partial charge in [0.15, 0.2) is 5.13 Å². The van der Waals surface area contributed by atoms with Crippen LogP contribution >= 0.6 is 11.3 Å². The highest BCUT2D eigenvalue weighted by atomic mass is 32.1. The van der Waals surface area contributed by atoms with E-state index in [9.17, 15) is 4.79 Å². The normalized spacial score (nSPS) is 10.4. The number of amides is 1. The molecular formula is C19H18N2O3S. The number of ether oxygens (including phenoxy) is 2. The van der Waals surface area contributed by atoms with Gasteiger partial charge < -0.3 is 9.47 Å². The minimum Gasteiger partial charge on any atom is -0.497 e. The van der Waals surface area contributed by atoms with Crippen LogP contribution in [0.15, 0.2) is 47.8 Å². The topological polar surface area (TPSA) is 60.5 Å². The molecule has 0 spiro atoms. The Morgan fingerprint density at radius 1 is 1.12 bits per heavy atom. The zero-order valence-corrected chi connectivity index (χ0v) is 15.0. The van der Waals surface area contributed by atoms with Gasteiger partial charge in [-0.3, -0.25) is 10.1 Å². The molecule has 0 radical (unpaired) electrons. The van der Waals surface area contributed by atoms with E-state index in [2.05, 4.69) is 10.3 Å². The largest absolute Gasteiger partial charge is 0.497 e. The lowest BCUT2D eigenvalue weighted by Gasteiger charge is -2.08. The van der Waals surface area contributed by atoms with Crippen LogP contribution in [-0.2, 0) is 0 Å². The first-order valence-corrected chi connectivity index (χ1v) is 8.54. The van der Waals surface area contributed by atoms with Crippen LogP contribution < -0.4 is 14.8 Å². The number of aryl methyl sites for hydroxylation is 1. The molecule has 5 nitrogen and oxygen atoms in total. The summed E-state index contributed by atoms with van der Waals surface area (Å²) in [5, 5.41) is 5.26. The Morgan fingerprint density at radius 2 is 1.96 bits per heavy atom. The molecule has 2 aromatic carbocycles. The SMILES string of the molecule is COc1ccc(-c2csc(NC(=O)c3cccc(C)c3)n2)c(OC)c1. The second-order valence-electron chi connectivity index (χ2n) is 5.43. The highest BCUT2D eigenvalue weighted by molar-refractivity contribution is 7.14. The Hall–Kier alpha value is -2.86. The Morgan fingerprint density at radius 3 is 2.68 bits per heavy atom. The quantitative estimate of drug-likeness (QED) is 0.738. The number of methoxy groups -OCH3 is 2. The number of thiazole rings is 1. The lowest BCUT2D eigenvalue weighted by molar-refractivity contribution is 0.102. The third kappa shape index (κ3) is 3.80. The zero-order valence-electron chi connectivity index (χ0n) is 14.2. The maximum Gasteiger partial charge on any atom is 0.257 e. The Bertz CT molecular complexity index is 905. The highest BCUT2D eigenvalue weighted by Gasteiger charge is 2.13. The van der Waals surface area contributed by atoms with Crippen LogP contribution in [0.25, 0.3) is 11.3 Å². The van der Waals surface area contributed by atoms with Gasteiger partial charge >= 0.3 is 0 Å². The number of carbonyl (C=O) groups excluding carboxylic acids is 1. The minimum atomic E-state index is -0.175. The number of nitrogens with zero attached hydrogens (tertiary/aromatic N) is 1. The first-order valence-electron chi connectivity index (χ1n) is 7.66. The molecule has 1 amide bonds. The number of hydrogen-bond acceptors (Lipinski definition) is 5. The Balaban J connectivity index is 1.82. The molecule has 0 saturated heterocycles. The van der Waals surface area contributed by atoms with Gasteiger partial charge in [0.2, 0.25) is 0 Å². The molecule has 3 aromatic rings. The van der Waals surface area contributed by atoms with Gasteiger partial charge in [0.1, 0.15) is 11.5 Å². The number of carbonyl (C=O) groups is 1. The van der Waals surface area contributed by atoms with Gasteiger partial charge in [-0.2, -0.15) is 0 Å². The molecule has 0 bridgehead atoms. The third-order valence-corrected chi connectivity index (χ3v) is 4.45. The van der Waals surface area contributed by atoms with Crippen molar-refractivity contribution in [2.75, 3.05) is 19.5 Å². The average molecular weight is 354 g/mol. The van der Waals surface area contributed by atoms with Crippen LogP contribution in [0.2, 0.25) is 0 Å². The van der Waals surface area contributed by atoms with E-state index in [0.717, 1.165) is 16.8 Å².